The van der Waals surface area contributed by atoms with Gasteiger partial charge >= 0.3 is 0 Å². The SMILES string of the molecule is C=c1ccc2c(c1)Oc1cc(NC)ccc1C=2c1ccccc1.CCCC. The third-order valence-corrected chi connectivity index (χ3v) is 4.64. The molecule has 3 aromatic rings. The molecule has 1 N–H and O–H groups in total. The maximum absolute atomic E-state index is 6.15. The van der Waals surface area contributed by atoms with Gasteiger partial charge in [0, 0.05) is 35.2 Å². The van der Waals surface area contributed by atoms with Gasteiger partial charge in [0.05, 0.1) is 0 Å². The molecule has 0 spiro atoms. The Morgan fingerprint density at radius 1 is 0.852 bits per heavy atom. The number of benzene rings is 3. The normalized spacial score (nSPS) is 11.4. The minimum atomic E-state index is 0.858. The zero-order valence-corrected chi connectivity index (χ0v) is 16.4. The van der Waals surface area contributed by atoms with Crippen molar-refractivity contribution in [2.45, 2.75) is 26.7 Å². The zero-order valence-electron chi connectivity index (χ0n) is 16.4. The molecular formula is C25H27NO. The molecule has 138 valence electrons. The Kier molecular flexibility index (Phi) is 5.97. The first-order valence-corrected chi connectivity index (χ1v) is 9.56. The lowest BCUT2D eigenvalue weighted by Crippen LogP contribution is -2.19. The van der Waals surface area contributed by atoms with E-state index >= 15 is 0 Å². The minimum absolute atomic E-state index is 0.858. The van der Waals surface area contributed by atoms with E-state index in [4.69, 9.17) is 4.74 Å². The number of unbranched alkanes of at least 4 members (excludes halogenated alkanes) is 1. The minimum Gasteiger partial charge on any atom is -0.456 e. The number of hydrogen-bond donors (Lipinski definition) is 1. The second-order valence-electron chi connectivity index (χ2n) is 6.63. The average molecular weight is 357 g/mol. The summed E-state index contributed by atoms with van der Waals surface area (Å²) in [5.74, 6) is 1.73. The van der Waals surface area contributed by atoms with Crippen LogP contribution in [0.25, 0.3) is 12.2 Å². The van der Waals surface area contributed by atoms with Gasteiger partial charge in [-0.1, -0.05) is 75.7 Å². The summed E-state index contributed by atoms with van der Waals surface area (Å²) in [7, 11) is 1.91. The number of anilines is 1. The maximum atomic E-state index is 6.15. The standard InChI is InChI=1S/C21H17NO.C4H10/c1-14-8-10-17-19(12-14)23-20-13-16(22-2)9-11-18(20)21(17)15-6-4-3-5-7-15;1-3-4-2/h3-13,22H,1H2,2H3;3-4H2,1-2H3. The third-order valence-electron chi connectivity index (χ3n) is 4.64. The highest BCUT2D eigenvalue weighted by Crippen LogP contribution is 2.37. The van der Waals surface area contributed by atoms with Crippen LogP contribution in [0.15, 0.2) is 66.7 Å². The fourth-order valence-electron chi connectivity index (χ4n) is 3.01. The fourth-order valence-corrected chi connectivity index (χ4v) is 3.01. The molecule has 0 aromatic heterocycles. The average Bonchev–Trinajstić information content (AvgIpc) is 2.72. The quantitative estimate of drug-likeness (QED) is 0.537. The Bertz CT molecular complexity index is 1020. The molecule has 0 atom stereocenters. The molecule has 0 amide bonds. The predicted octanol–water partition coefficient (Wildman–Crippen LogP) is 5.30. The van der Waals surface area contributed by atoms with Crippen molar-refractivity contribution < 1.29 is 4.74 Å². The number of nitrogens with one attached hydrogen (secondary N) is 1. The smallest absolute Gasteiger partial charge is 0.137 e. The number of ether oxygens (including phenoxy) is 1. The molecule has 0 saturated carbocycles. The Morgan fingerprint density at radius 2 is 1.59 bits per heavy atom. The molecule has 0 unspecified atom stereocenters. The topological polar surface area (TPSA) is 21.3 Å². The summed E-state index contributed by atoms with van der Waals surface area (Å²) in [6.45, 7) is 8.38. The van der Waals surface area contributed by atoms with Crippen LogP contribution in [0.4, 0.5) is 5.69 Å². The molecular weight excluding hydrogens is 330 g/mol. The number of fused-ring (bicyclic) bond motifs is 2. The third kappa shape index (κ3) is 4.06. The molecule has 1 heterocycles. The summed E-state index contributed by atoms with van der Waals surface area (Å²) in [6.07, 6.45) is 2.64. The molecule has 1 aliphatic rings. The molecule has 0 bridgehead atoms. The lowest BCUT2D eigenvalue weighted by Gasteiger charge is -2.21. The van der Waals surface area contributed by atoms with Crippen molar-refractivity contribution in [3.05, 3.63) is 88.3 Å². The molecule has 27 heavy (non-hydrogen) atoms. The van der Waals surface area contributed by atoms with Gasteiger partial charge < -0.3 is 10.1 Å². The van der Waals surface area contributed by atoms with E-state index in [1.54, 1.807) is 0 Å². The van der Waals surface area contributed by atoms with Gasteiger partial charge in [0.1, 0.15) is 11.5 Å². The monoisotopic (exact) mass is 357 g/mol. The van der Waals surface area contributed by atoms with Crippen LogP contribution < -0.4 is 20.5 Å². The lowest BCUT2D eigenvalue weighted by molar-refractivity contribution is 0.472. The first-order valence-electron chi connectivity index (χ1n) is 9.56. The number of hydrogen-bond acceptors (Lipinski definition) is 2. The van der Waals surface area contributed by atoms with E-state index in [0.29, 0.717) is 0 Å². The highest BCUT2D eigenvalue weighted by atomic mass is 16.5. The van der Waals surface area contributed by atoms with Gasteiger partial charge in [-0.25, -0.2) is 0 Å². The van der Waals surface area contributed by atoms with Crippen LogP contribution in [0, 0.1) is 0 Å². The van der Waals surface area contributed by atoms with Crippen LogP contribution in [-0.4, -0.2) is 7.05 Å². The van der Waals surface area contributed by atoms with Gasteiger partial charge in [0.2, 0.25) is 0 Å². The summed E-state index contributed by atoms with van der Waals surface area (Å²) >= 11 is 0. The molecule has 4 rings (SSSR count). The Labute approximate surface area is 161 Å². The van der Waals surface area contributed by atoms with E-state index in [1.807, 2.05) is 31.3 Å². The summed E-state index contributed by atoms with van der Waals surface area (Å²) in [5, 5.41) is 5.22. The Balaban J connectivity index is 0.000000481. The van der Waals surface area contributed by atoms with Crippen LogP contribution in [0.5, 0.6) is 11.5 Å². The summed E-state index contributed by atoms with van der Waals surface area (Å²) in [6, 6.07) is 22.8. The van der Waals surface area contributed by atoms with Crippen molar-refractivity contribution in [2.24, 2.45) is 0 Å². The zero-order chi connectivity index (χ0) is 19.2. The lowest BCUT2D eigenvalue weighted by atomic mass is 9.92. The molecule has 2 nitrogen and oxygen atoms in total. The summed E-state index contributed by atoms with van der Waals surface area (Å²) in [5.41, 5.74) is 4.53. The van der Waals surface area contributed by atoms with Crippen LogP contribution in [-0.2, 0) is 0 Å². The molecule has 1 aliphatic heterocycles. The summed E-state index contributed by atoms with van der Waals surface area (Å²) < 4.78 is 6.15. The Morgan fingerprint density at radius 3 is 2.26 bits per heavy atom. The van der Waals surface area contributed by atoms with Crippen LogP contribution in [0.1, 0.15) is 37.8 Å². The van der Waals surface area contributed by atoms with Gasteiger partial charge in [-0.15, -0.1) is 0 Å². The molecule has 2 heteroatoms. The first-order chi connectivity index (χ1) is 13.2. The van der Waals surface area contributed by atoms with Crippen molar-refractivity contribution in [1.29, 1.82) is 0 Å². The van der Waals surface area contributed by atoms with Crippen LogP contribution in [0.2, 0.25) is 0 Å². The van der Waals surface area contributed by atoms with Gasteiger partial charge in [-0.05, 0) is 29.0 Å². The van der Waals surface area contributed by atoms with E-state index in [9.17, 15) is 0 Å². The highest BCUT2D eigenvalue weighted by Gasteiger charge is 2.19. The molecule has 0 saturated heterocycles. The van der Waals surface area contributed by atoms with Crippen molar-refractivity contribution in [3.63, 3.8) is 0 Å². The van der Waals surface area contributed by atoms with Crippen molar-refractivity contribution in [2.75, 3.05) is 12.4 Å². The van der Waals surface area contributed by atoms with E-state index in [1.165, 1.54) is 24.0 Å². The van der Waals surface area contributed by atoms with Crippen LogP contribution >= 0.6 is 0 Å². The largest absolute Gasteiger partial charge is 0.456 e. The second kappa shape index (κ2) is 8.59. The highest BCUT2D eigenvalue weighted by molar-refractivity contribution is 5.86. The van der Waals surface area contributed by atoms with Gasteiger partial charge in [-0.2, -0.15) is 0 Å². The second-order valence-corrected chi connectivity index (χ2v) is 6.63. The van der Waals surface area contributed by atoms with Crippen molar-refractivity contribution in [3.8, 4) is 11.5 Å². The molecule has 0 fully saturated rings. The van der Waals surface area contributed by atoms with Gasteiger partial charge in [0.15, 0.2) is 0 Å². The van der Waals surface area contributed by atoms with Crippen LogP contribution in [0.3, 0.4) is 0 Å². The molecule has 0 aliphatic carbocycles. The number of rotatable bonds is 3. The van der Waals surface area contributed by atoms with Gasteiger partial charge in [-0.3, -0.25) is 0 Å². The fraction of sp³-hybridized carbons (Fsp3) is 0.200. The molecule has 0 radical (unpaired) electrons. The maximum Gasteiger partial charge on any atom is 0.137 e. The summed E-state index contributed by atoms with van der Waals surface area (Å²) in [4.78, 5) is 0. The van der Waals surface area contributed by atoms with Crippen molar-refractivity contribution >= 4 is 17.8 Å². The van der Waals surface area contributed by atoms with Gasteiger partial charge in [0.25, 0.3) is 0 Å². The van der Waals surface area contributed by atoms with E-state index < -0.39 is 0 Å². The van der Waals surface area contributed by atoms with E-state index in [0.717, 1.165) is 33.2 Å². The first kappa shape index (κ1) is 18.8. The predicted molar refractivity (Wildman–Crippen MR) is 116 cm³/mol. The van der Waals surface area contributed by atoms with E-state index in [2.05, 4.69) is 68.2 Å². The van der Waals surface area contributed by atoms with Crippen molar-refractivity contribution in [1.82, 2.24) is 0 Å². The Hall–Kier alpha value is -3.00. The molecule has 3 aromatic carbocycles. The van der Waals surface area contributed by atoms with E-state index in [-0.39, 0.29) is 0 Å².